The number of rotatable bonds is 2. The minimum atomic E-state index is -2.33. The SMILES string of the molecule is CC(C)CC1CCC1(F)F. The summed E-state index contributed by atoms with van der Waals surface area (Å²) < 4.78 is 25.1. The van der Waals surface area contributed by atoms with Crippen LogP contribution in [-0.4, -0.2) is 5.92 Å². The van der Waals surface area contributed by atoms with Gasteiger partial charge in [-0.2, -0.15) is 0 Å². The Morgan fingerprint density at radius 3 is 2.20 bits per heavy atom. The van der Waals surface area contributed by atoms with Gasteiger partial charge in [0, 0.05) is 12.3 Å². The third-order valence-corrected chi connectivity index (χ3v) is 2.18. The Labute approximate surface area is 60.6 Å². The fourth-order valence-corrected chi connectivity index (χ4v) is 1.43. The molecule has 0 spiro atoms. The summed E-state index contributed by atoms with van der Waals surface area (Å²) in [5, 5.41) is 0. The monoisotopic (exact) mass is 148 g/mol. The van der Waals surface area contributed by atoms with Crippen molar-refractivity contribution in [3.63, 3.8) is 0 Å². The minimum absolute atomic E-state index is 0.115. The first-order valence-corrected chi connectivity index (χ1v) is 3.90. The zero-order chi connectivity index (χ0) is 7.78. The summed E-state index contributed by atoms with van der Waals surface area (Å²) in [6.45, 7) is 3.99. The summed E-state index contributed by atoms with van der Waals surface area (Å²) in [7, 11) is 0. The van der Waals surface area contributed by atoms with E-state index < -0.39 is 5.92 Å². The number of hydrogen-bond acceptors (Lipinski definition) is 0. The lowest BCUT2D eigenvalue weighted by atomic mass is 9.76. The van der Waals surface area contributed by atoms with Gasteiger partial charge in [-0.3, -0.25) is 0 Å². The lowest BCUT2D eigenvalue weighted by Gasteiger charge is -2.37. The number of alkyl halides is 2. The molecule has 1 aliphatic carbocycles. The zero-order valence-electron chi connectivity index (χ0n) is 6.53. The summed E-state index contributed by atoms with van der Waals surface area (Å²) in [5.41, 5.74) is 0. The largest absolute Gasteiger partial charge is 0.250 e. The van der Waals surface area contributed by atoms with Gasteiger partial charge in [0.15, 0.2) is 0 Å². The molecule has 1 unspecified atom stereocenters. The van der Waals surface area contributed by atoms with Gasteiger partial charge in [-0.1, -0.05) is 13.8 Å². The standard InChI is InChI=1S/C8H14F2/c1-6(2)5-7-3-4-8(7,9)10/h6-7H,3-5H2,1-2H3. The molecule has 1 saturated carbocycles. The molecule has 1 rings (SSSR count). The van der Waals surface area contributed by atoms with Crippen LogP contribution in [0.5, 0.6) is 0 Å². The van der Waals surface area contributed by atoms with E-state index in [1.165, 1.54) is 0 Å². The van der Waals surface area contributed by atoms with Crippen molar-refractivity contribution in [2.75, 3.05) is 0 Å². The molecule has 0 aromatic heterocycles. The molecule has 0 aliphatic heterocycles. The lowest BCUT2D eigenvalue weighted by molar-refractivity contribution is -0.138. The second-order valence-electron chi connectivity index (χ2n) is 3.63. The van der Waals surface area contributed by atoms with Crippen molar-refractivity contribution >= 4 is 0 Å². The third-order valence-electron chi connectivity index (χ3n) is 2.18. The van der Waals surface area contributed by atoms with Gasteiger partial charge in [-0.15, -0.1) is 0 Å². The molecule has 1 fully saturated rings. The van der Waals surface area contributed by atoms with Crippen LogP contribution in [0, 0.1) is 11.8 Å². The highest BCUT2D eigenvalue weighted by Crippen LogP contribution is 2.46. The van der Waals surface area contributed by atoms with Crippen molar-refractivity contribution in [1.29, 1.82) is 0 Å². The van der Waals surface area contributed by atoms with Gasteiger partial charge < -0.3 is 0 Å². The Kier molecular flexibility index (Phi) is 1.97. The minimum Gasteiger partial charge on any atom is -0.207 e. The van der Waals surface area contributed by atoms with Crippen LogP contribution in [0.1, 0.15) is 33.1 Å². The molecule has 0 nitrogen and oxygen atoms in total. The molecule has 0 N–H and O–H groups in total. The lowest BCUT2D eigenvalue weighted by Crippen LogP contribution is -2.39. The molecule has 0 saturated heterocycles. The highest BCUT2D eigenvalue weighted by molar-refractivity contribution is 4.88. The van der Waals surface area contributed by atoms with Crippen LogP contribution in [-0.2, 0) is 0 Å². The highest BCUT2D eigenvalue weighted by Gasteiger charge is 2.47. The van der Waals surface area contributed by atoms with Crippen LogP contribution < -0.4 is 0 Å². The first-order valence-electron chi connectivity index (χ1n) is 3.90. The maximum atomic E-state index is 12.6. The maximum absolute atomic E-state index is 12.6. The molecule has 0 aromatic carbocycles. The van der Waals surface area contributed by atoms with Gasteiger partial charge in [0.25, 0.3) is 5.92 Å². The van der Waals surface area contributed by atoms with E-state index in [0.29, 0.717) is 12.3 Å². The molecular weight excluding hydrogens is 134 g/mol. The van der Waals surface area contributed by atoms with Crippen LogP contribution in [0.15, 0.2) is 0 Å². The summed E-state index contributed by atoms with van der Waals surface area (Å²) in [5.74, 6) is -2.23. The predicted octanol–water partition coefficient (Wildman–Crippen LogP) is 3.08. The molecule has 0 heterocycles. The van der Waals surface area contributed by atoms with Gasteiger partial charge in [-0.25, -0.2) is 8.78 Å². The van der Waals surface area contributed by atoms with Gasteiger partial charge in [0.05, 0.1) is 0 Å². The van der Waals surface area contributed by atoms with E-state index in [0.717, 1.165) is 6.42 Å². The molecule has 0 amide bonds. The molecule has 60 valence electrons. The molecule has 1 atom stereocenters. The Balaban J connectivity index is 2.30. The van der Waals surface area contributed by atoms with Crippen molar-refractivity contribution in [1.82, 2.24) is 0 Å². The van der Waals surface area contributed by atoms with Crippen LogP contribution in [0.25, 0.3) is 0 Å². The van der Waals surface area contributed by atoms with E-state index in [2.05, 4.69) is 0 Å². The van der Waals surface area contributed by atoms with Crippen molar-refractivity contribution in [3.05, 3.63) is 0 Å². The van der Waals surface area contributed by atoms with Gasteiger partial charge >= 0.3 is 0 Å². The van der Waals surface area contributed by atoms with Crippen molar-refractivity contribution in [2.24, 2.45) is 11.8 Å². The zero-order valence-corrected chi connectivity index (χ0v) is 6.53. The van der Waals surface area contributed by atoms with E-state index >= 15 is 0 Å². The molecule has 2 heteroatoms. The van der Waals surface area contributed by atoms with Gasteiger partial charge in [-0.05, 0) is 18.8 Å². The van der Waals surface area contributed by atoms with Crippen LogP contribution >= 0.6 is 0 Å². The second kappa shape index (κ2) is 2.48. The number of halogens is 2. The molecule has 0 bridgehead atoms. The summed E-state index contributed by atoms with van der Waals surface area (Å²) in [6.07, 6.45) is 1.53. The Bertz CT molecular complexity index is 118. The molecule has 1 aliphatic rings. The van der Waals surface area contributed by atoms with E-state index in [4.69, 9.17) is 0 Å². The van der Waals surface area contributed by atoms with E-state index in [-0.39, 0.29) is 12.3 Å². The average molecular weight is 148 g/mol. The van der Waals surface area contributed by atoms with Crippen molar-refractivity contribution in [3.8, 4) is 0 Å². The fraction of sp³-hybridized carbons (Fsp3) is 1.00. The smallest absolute Gasteiger partial charge is 0.207 e. The fourth-order valence-electron chi connectivity index (χ4n) is 1.43. The van der Waals surface area contributed by atoms with Crippen LogP contribution in [0.2, 0.25) is 0 Å². The maximum Gasteiger partial charge on any atom is 0.250 e. The quantitative estimate of drug-likeness (QED) is 0.564. The highest BCUT2D eigenvalue weighted by atomic mass is 19.3. The van der Waals surface area contributed by atoms with Crippen molar-refractivity contribution in [2.45, 2.75) is 39.0 Å². The average Bonchev–Trinajstić information content (AvgIpc) is 1.81. The van der Waals surface area contributed by atoms with Crippen LogP contribution in [0.4, 0.5) is 8.78 Å². The molecule has 0 radical (unpaired) electrons. The summed E-state index contributed by atoms with van der Waals surface area (Å²) >= 11 is 0. The van der Waals surface area contributed by atoms with E-state index in [1.54, 1.807) is 0 Å². The Morgan fingerprint density at radius 2 is 2.10 bits per heavy atom. The van der Waals surface area contributed by atoms with Gasteiger partial charge in [0.1, 0.15) is 0 Å². The predicted molar refractivity (Wildman–Crippen MR) is 37.1 cm³/mol. The Morgan fingerprint density at radius 1 is 1.50 bits per heavy atom. The third kappa shape index (κ3) is 1.47. The summed E-state index contributed by atoms with van der Waals surface area (Å²) in [6, 6.07) is 0. The topological polar surface area (TPSA) is 0 Å². The van der Waals surface area contributed by atoms with Crippen molar-refractivity contribution < 1.29 is 8.78 Å². The van der Waals surface area contributed by atoms with E-state index in [1.807, 2.05) is 13.8 Å². The molecule has 10 heavy (non-hydrogen) atoms. The normalized spacial score (nSPS) is 30.3. The van der Waals surface area contributed by atoms with E-state index in [9.17, 15) is 8.78 Å². The van der Waals surface area contributed by atoms with Crippen LogP contribution in [0.3, 0.4) is 0 Å². The molecular formula is C8H14F2. The first kappa shape index (κ1) is 7.96. The first-order chi connectivity index (χ1) is 4.52. The molecule has 0 aromatic rings. The Hall–Kier alpha value is -0.140. The second-order valence-corrected chi connectivity index (χ2v) is 3.63. The van der Waals surface area contributed by atoms with Gasteiger partial charge in [0.2, 0.25) is 0 Å². The summed E-state index contributed by atoms with van der Waals surface area (Å²) in [4.78, 5) is 0. The number of hydrogen-bond donors (Lipinski definition) is 0.